The van der Waals surface area contributed by atoms with Gasteiger partial charge in [-0.3, -0.25) is 9.48 Å². The number of hydrogen-bond donors (Lipinski definition) is 0. The van der Waals surface area contributed by atoms with Crippen molar-refractivity contribution in [1.29, 1.82) is 0 Å². The van der Waals surface area contributed by atoms with Crippen LogP contribution < -0.4 is 0 Å². The molecule has 0 atom stereocenters. The summed E-state index contributed by atoms with van der Waals surface area (Å²) in [6.07, 6.45) is 1.81. The maximum Gasteiger partial charge on any atom is 0.313 e. The number of aromatic nitrogens is 3. The molecule has 1 rings (SSSR count). The monoisotopic (exact) mass is 211 g/mol. The van der Waals surface area contributed by atoms with Crippen LogP contribution >= 0.6 is 0 Å². The highest BCUT2D eigenvalue weighted by Crippen LogP contribution is 2.19. The van der Waals surface area contributed by atoms with Crippen molar-refractivity contribution in [2.24, 2.45) is 5.41 Å². The highest BCUT2D eigenvalue weighted by atomic mass is 16.5. The summed E-state index contributed by atoms with van der Waals surface area (Å²) in [5, 5.41) is 7.77. The van der Waals surface area contributed by atoms with E-state index in [9.17, 15) is 4.79 Å². The number of esters is 1. The van der Waals surface area contributed by atoms with E-state index in [4.69, 9.17) is 4.74 Å². The summed E-state index contributed by atoms with van der Waals surface area (Å²) < 4.78 is 6.64. The molecule has 0 saturated heterocycles. The molecule has 15 heavy (non-hydrogen) atoms. The van der Waals surface area contributed by atoms with E-state index in [0.29, 0.717) is 13.2 Å². The highest BCUT2D eigenvalue weighted by Gasteiger charge is 2.30. The van der Waals surface area contributed by atoms with Crippen molar-refractivity contribution in [2.45, 2.75) is 34.2 Å². The molecule has 84 valence electrons. The quantitative estimate of drug-likeness (QED) is 0.702. The van der Waals surface area contributed by atoms with Crippen LogP contribution in [-0.2, 0) is 16.1 Å². The SMILES string of the molecule is CCOC(=O)C(C)(C)Cn1cc(C)nn1. The molecule has 0 spiro atoms. The lowest BCUT2D eigenvalue weighted by molar-refractivity contribution is -0.154. The standard InChI is InChI=1S/C10H17N3O2/c1-5-15-9(14)10(3,4)7-13-6-8(2)11-12-13/h6H,5,7H2,1-4H3. The Morgan fingerprint density at radius 3 is 2.73 bits per heavy atom. The molecule has 0 radical (unpaired) electrons. The molecule has 0 amide bonds. The zero-order valence-electron chi connectivity index (χ0n) is 9.65. The first kappa shape index (κ1) is 11.7. The lowest BCUT2D eigenvalue weighted by Gasteiger charge is -2.21. The number of rotatable bonds is 4. The van der Waals surface area contributed by atoms with Crippen molar-refractivity contribution in [2.75, 3.05) is 6.61 Å². The molecule has 0 fully saturated rings. The van der Waals surface area contributed by atoms with Gasteiger partial charge in [0, 0.05) is 6.20 Å². The minimum absolute atomic E-state index is 0.210. The van der Waals surface area contributed by atoms with Crippen molar-refractivity contribution in [3.63, 3.8) is 0 Å². The van der Waals surface area contributed by atoms with Gasteiger partial charge in [-0.25, -0.2) is 0 Å². The van der Waals surface area contributed by atoms with Gasteiger partial charge in [-0.05, 0) is 27.7 Å². The van der Waals surface area contributed by atoms with E-state index in [0.717, 1.165) is 5.69 Å². The van der Waals surface area contributed by atoms with Crippen LogP contribution in [0.15, 0.2) is 6.20 Å². The van der Waals surface area contributed by atoms with Crippen molar-refractivity contribution in [1.82, 2.24) is 15.0 Å². The average molecular weight is 211 g/mol. The minimum Gasteiger partial charge on any atom is -0.466 e. The van der Waals surface area contributed by atoms with E-state index >= 15 is 0 Å². The molecule has 5 heteroatoms. The van der Waals surface area contributed by atoms with Crippen LogP contribution in [0.4, 0.5) is 0 Å². The molecule has 0 aliphatic rings. The van der Waals surface area contributed by atoms with Gasteiger partial charge in [0.2, 0.25) is 0 Å². The number of nitrogens with zero attached hydrogens (tertiary/aromatic N) is 3. The number of hydrogen-bond acceptors (Lipinski definition) is 4. The van der Waals surface area contributed by atoms with Gasteiger partial charge in [0.15, 0.2) is 0 Å². The fraction of sp³-hybridized carbons (Fsp3) is 0.700. The summed E-state index contributed by atoms with van der Waals surface area (Å²) in [6, 6.07) is 0. The van der Waals surface area contributed by atoms with E-state index in [-0.39, 0.29) is 5.97 Å². The second-order valence-electron chi connectivity index (χ2n) is 4.16. The first-order valence-electron chi connectivity index (χ1n) is 4.99. The van der Waals surface area contributed by atoms with Crippen molar-refractivity contribution in [3.8, 4) is 0 Å². The first-order chi connectivity index (χ1) is 6.95. The molecule has 5 nitrogen and oxygen atoms in total. The molecule has 0 bridgehead atoms. The van der Waals surface area contributed by atoms with Crippen LogP contribution in [0.3, 0.4) is 0 Å². The maximum absolute atomic E-state index is 11.6. The summed E-state index contributed by atoms with van der Waals surface area (Å²) in [4.78, 5) is 11.6. The Balaban J connectivity index is 2.67. The molecule has 0 aromatic carbocycles. The zero-order chi connectivity index (χ0) is 11.5. The predicted octanol–water partition coefficient (Wildman–Crippen LogP) is 1.18. The Hall–Kier alpha value is -1.39. The smallest absolute Gasteiger partial charge is 0.313 e. The summed E-state index contributed by atoms with van der Waals surface area (Å²) in [5.41, 5.74) is 0.269. The lowest BCUT2D eigenvalue weighted by atomic mass is 9.94. The first-order valence-corrected chi connectivity index (χ1v) is 4.99. The second-order valence-corrected chi connectivity index (χ2v) is 4.16. The van der Waals surface area contributed by atoms with Crippen LogP contribution in [0.25, 0.3) is 0 Å². The van der Waals surface area contributed by atoms with Gasteiger partial charge in [0.25, 0.3) is 0 Å². The topological polar surface area (TPSA) is 57.0 Å². The summed E-state index contributed by atoms with van der Waals surface area (Å²) in [5.74, 6) is -0.210. The Morgan fingerprint density at radius 2 is 2.27 bits per heavy atom. The van der Waals surface area contributed by atoms with E-state index in [1.807, 2.05) is 20.8 Å². The molecule has 0 aliphatic carbocycles. The van der Waals surface area contributed by atoms with Crippen LogP contribution in [0.2, 0.25) is 0 Å². The zero-order valence-corrected chi connectivity index (χ0v) is 9.65. The maximum atomic E-state index is 11.6. The van der Waals surface area contributed by atoms with Gasteiger partial charge < -0.3 is 4.74 Å². The summed E-state index contributed by atoms with van der Waals surface area (Å²) >= 11 is 0. The van der Waals surface area contributed by atoms with E-state index < -0.39 is 5.41 Å². The summed E-state index contributed by atoms with van der Waals surface area (Å²) in [7, 11) is 0. The van der Waals surface area contributed by atoms with Crippen LogP contribution in [0.1, 0.15) is 26.5 Å². The molecule has 0 saturated carbocycles. The normalized spacial score (nSPS) is 11.5. The van der Waals surface area contributed by atoms with E-state index in [1.165, 1.54) is 0 Å². The predicted molar refractivity (Wildman–Crippen MR) is 55.2 cm³/mol. The Kier molecular flexibility index (Phi) is 3.44. The molecule has 1 aromatic rings. The minimum atomic E-state index is -0.573. The Bertz CT molecular complexity index is 344. The number of ether oxygens (including phenoxy) is 1. The fourth-order valence-electron chi connectivity index (χ4n) is 1.27. The lowest BCUT2D eigenvalue weighted by Crippen LogP contribution is -2.31. The van der Waals surface area contributed by atoms with Gasteiger partial charge in [-0.1, -0.05) is 5.21 Å². The van der Waals surface area contributed by atoms with E-state index in [1.54, 1.807) is 17.8 Å². The van der Waals surface area contributed by atoms with E-state index in [2.05, 4.69) is 10.3 Å². The largest absolute Gasteiger partial charge is 0.466 e. The van der Waals surface area contributed by atoms with Crippen molar-refractivity contribution < 1.29 is 9.53 Å². The molecule has 0 unspecified atom stereocenters. The van der Waals surface area contributed by atoms with Crippen LogP contribution in [-0.4, -0.2) is 27.6 Å². The Labute approximate surface area is 89.4 Å². The average Bonchev–Trinajstić information content (AvgIpc) is 2.50. The molecule has 0 aliphatic heterocycles. The summed E-state index contributed by atoms with van der Waals surface area (Å²) in [6.45, 7) is 8.21. The third-order valence-electron chi connectivity index (χ3n) is 2.04. The van der Waals surface area contributed by atoms with Crippen molar-refractivity contribution >= 4 is 5.97 Å². The van der Waals surface area contributed by atoms with Gasteiger partial charge in [-0.15, -0.1) is 5.10 Å². The van der Waals surface area contributed by atoms with Crippen LogP contribution in [0.5, 0.6) is 0 Å². The number of carbonyl (C=O) groups is 1. The number of carbonyl (C=O) groups excluding carboxylic acids is 1. The molecular formula is C10H17N3O2. The molecule has 1 aromatic heterocycles. The third kappa shape index (κ3) is 3.04. The third-order valence-corrected chi connectivity index (χ3v) is 2.04. The van der Waals surface area contributed by atoms with Gasteiger partial charge in [-0.2, -0.15) is 0 Å². The molecular weight excluding hydrogens is 194 g/mol. The molecule has 0 N–H and O–H groups in total. The Morgan fingerprint density at radius 1 is 1.60 bits per heavy atom. The number of aryl methyl sites for hydroxylation is 1. The van der Waals surface area contributed by atoms with Gasteiger partial charge >= 0.3 is 5.97 Å². The van der Waals surface area contributed by atoms with Crippen molar-refractivity contribution in [3.05, 3.63) is 11.9 Å². The fourth-order valence-corrected chi connectivity index (χ4v) is 1.27. The highest BCUT2D eigenvalue weighted by molar-refractivity contribution is 5.75. The van der Waals surface area contributed by atoms with Gasteiger partial charge in [0.1, 0.15) is 0 Å². The van der Waals surface area contributed by atoms with Gasteiger partial charge in [0.05, 0.1) is 24.3 Å². The second kappa shape index (κ2) is 4.42. The molecule has 1 heterocycles. The van der Waals surface area contributed by atoms with Crippen LogP contribution in [0, 0.1) is 12.3 Å².